The Balaban J connectivity index is 1.63. The Morgan fingerprint density at radius 1 is 0.867 bits per heavy atom. The highest BCUT2D eigenvalue weighted by molar-refractivity contribution is 5.99. The SMILES string of the molecule is COc1ccc(C(C)=NNC(=O)COc2ccccc2-c2ccccc2)cc1OC. The Kier molecular flexibility index (Phi) is 7.05. The predicted octanol–water partition coefficient (Wildman–Crippen LogP) is 4.29. The lowest BCUT2D eigenvalue weighted by Crippen LogP contribution is -2.25. The summed E-state index contributed by atoms with van der Waals surface area (Å²) in [5, 5.41) is 4.16. The van der Waals surface area contributed by atoms with Crippen LogP contribution in [0.1, 0.15) is 12.5 Å². The molecule has 0 bridgehead atoms. The van der Waals surface area contributed by atoms with Crippen LogP contribution in [0.15, 0.2) is 77.9 Å². The van der Waals surface area contributed by atoms with Crippen LogP contribution in [-0.2, 0) is 4.79 Å². The van der Waals surface area contributed by atoms with E-state index in [1.54, 1.807) is 33.3 Å². The number of benzene rings is 3. The van der Waals surface area contributed by atoms with Crippen LogP contribution in [0, 0.1) is 0 Å². The second-order valence-electron chi connectivity index (χ2n) is 6.45. The number of rotatable bonds is 8. The van der Waals surface area contributed by atoms with Gasteiger partial charge in [0.15, 0.2) is 18.1 Å². The first-order valence-corrected chi connectivity index (χ1v) is 9.45. The lowest BCUT2D eigenvalue weighted by Gasteiger charge is -2.11. The van der Waals surface area contributed by atoms with E-state index in [-0.39, 0.29) is 12.5 Å². The molecule has 0 atom stereocenters. The summed E-state index contributed by atoms with van der Waals surface area (Å²) in [5.74, 6) is 1.51. The fraction of sp³-hybridized carbons (Fsp3) is 0.167. The number of hydrogen-bond donors (Lipinski definition) is 1. The van der Waals surface area contributed by atoms with Crippen molar-refractivity contribution in [1.82, 2.24) is 5.43 Å². The van der Waals surface area contributed by atoms with Crippen LogP contribution in [0.4, 0.5) is 0 Å². The summed E-state index contributed by atoms with van der Waals surface area (Å²) < 4.78 is 16.3. The zero-order valence-electron chi connectivity index (χ0n) is 17.2. The standard InChI is InChI=1S/C24H24N2O4/c1-17(19-13-14-22(28-2)23(15-19)29-3)25-26-24(27)16-30-21-12-8-7-11-20(21)18-9-5-4-6-10-18/h4-15H,16H2,1-3H3,(H,26,27). The van der Waals surface area contributed by atoms with Gasteiger partial charge in [-0.05, 0) is 36.8 Å². The van der Waals surface area contributed by atoms with Gasteiger partial charge in [-0.2, -0.15) is 5.10 Å². The van der Waals surface area contributed by atoms with E-state index in [2.05, 4.69) is 10.5 Å². The summed E-state index contributed by atoms with van der Waals surface area (Å²) in [5.41, 5.74) is 5.92. The van der Waals surface area contributed by atoms with Crippen LogP contribution in [0.2, 0.25) is 0 Å². The third kappa shape index (κ3) is 5.17. The van der Waals surface area contributed by atoms with E-state index in [9.17, 15) is 4.79 Å². The summed E-state index contributed by atoms with van der Waals surface area (Å²) in [4.78, 5) is 12.2. The van der Waals surface area contributed by atoms with Crippen molar-refractivity contribution >= 4 is 11.6 Å². The molecule has 0 saturated carbocycles. The zero-order valence-corrected chi connectivity index (χ0v) is 17.2. The Morgan fingerprint density at radius 3 is 2.30 bits per heavy atom. The molecule has 0 fully saturated rings. The molecule has 1 N–H and O–H groups in total. The number of hydrazone groups is 1. The maximum absolute atomic E-state index is 12.2. The van der Waals surface area contributed by atoms with E-state index in [0.29, 0.717) is 23.0 Å². The van der Waals surface area contributed by atoms with Gasteiger partial charge in [0, 0.05) is 11.1 Å². The van der Waals surface area contributed by atoms with Gasteiger partial charge in [0.05, 0.1) is 19.9 Å². The third-order valence-corrected chi connectivity index (χ3v) is 4.48. The molecule has 0 spiro atoms. The predicted molar refractivity (Wildman–Crippen MR) is 117 cm³/mol. The molecule has 6 heteroatoms. The number of ether oxygens (including phenoxy) is 3. The van der Waals surface area contributed by atoms with Crippen molar-refractivity contribution in [2.75, 3.05) is 20.8 Å². The van der Waals surface area contributed by atoms with Crippen LogP contribution in [-0.4, -0.2) is 32.4 Å². The number of carbonyl (C=O) groups excluding carboxylic acids is 1. The number of methoxy groups -OCH3 is 2. The number of nitrogens with zero attached hydrogens (tertiary/aromatic N) is 1. The number of para-hydroxylation sites is 1. The lowest BCUT2D eigenvalue weighted by molar-refractivity contribution is -0.123. The monoisotopic (exact) mass is 404 g/mol. The molecule has 6 nitrogen and oxygen atoms in total. The van der Waals surface area contributed by atoms with Crippen LogP contribution in [0.25, 0.3) is 11.1 Å². The highest BCUT2D eigenvalue weighted by atomic mass is 16.5. The average Bonchev–Trinajstić information content (AvgIpc) is 2.81. The second-order valence-corrected chi connectivity index (χ2v) is 6.45. The molecular weight excluding hydrogens is 380 g/mol. The molecule has 1 amide bonds. The van der Waals surface area contributed by atoms with Gasteiger partial charge in [0.1, 0.15) is 5.75 Å². The lowest BCUT2D eigenvalue weighted by atomic mass is 10.1. The first-order valence-electron chi connectivity index (χ1n) is 9.45. The maximum Gasteiger partial charge on any atom is 0.277 e. The van der Waals surface area contributed by atoms with E-state index in [1.807, 2.05) is 60.7 Å². The molecule has 30 heavy (non-hydrogen) atoms. The minimum absolute atomic E-state index is 0.146. The van der Waals surface area contributed by atoms with Crippen molar-refractivity contribution in [3.63, 3.8) is 0 Å². The number of nitrogens with one attached hydrogen (secondary N) is 1. The van der Waals surface area contributed by atoms with Gasteiger partial charge < -0.3 is 14.2 Å². The van der Waals surface area contributed by atoms with E-state index in [1.165, 1.54) is 0 Å². The number of amides is 1. The highest BCUT2D eigenvalue weighted by Gasteiger charge is 2.09. The molecule has 0 radical (unpaired) electrons. The van der Waals surface area contributed by atoms with Crippen molar-refractivity contribution in [1.29, 1.82) is 0 Å². The Labute approximate surface area is 176 Å². The van der Waals surface area contributed by atoms with Gasteiger partial charge in [0.2, 0.25) is 0 Å². The van der Waals surface area contributed by atoms with Gasteiger partial charge in [0.25, 0.3) is 5.91 Å². The summed E-state index contributed by atoms with van der Waals surface area (Å²) in [7, 11) is 3.15. The molecule has 0 unspecified atom stereocenters. The van der Waals surface area contributed by atoms with E-state index < -0.39 is 0 Å². The van der Waals surface area contributed by atoms with Crippen LogP contribution < -0.4 is 19.6 Å². The highest BCUT2D eigenvalue weighted by Crippen LogP contribution is 2.29. The first-order chi connectivity index (χ1) is 14.6. The van der Waals surface area contributed by atoms with Crippen LogP contribution >= 0.6 is 0 Å². The molecule has 0 aromatic heterocycles. The normalized spacial score (nSPS) is 11.0. The Morgan fingerprint density at radius 2 is 1.57 bits per heavy atom. The zero-order chi connectivity index (χ0) is 21.3. The van der Waals surface area contributed by atoms with Crippen LogP contribution in [0.5, 0.6) is 17.2 Å². The Hall–Kier alpha value is -3.80. The van der Waals surface area contributed by atoms with E-state index in [4.69, 9.17) is 14.2 Å². The molecule has 154 valence electrons. The molecule has 0 aliphatic rings. The maximum atomic E-state index is 12.2. The van der Waals surface area contributed by atoms with Gasteiger partial charge >= 0.3 is 0 Å². The van der Waals surface area contributed by atoms with Gasteiger partial charge in [-0.1, -0.05) is 48.5 Å². The minimum Gasteiger partial charge on any atom is -0.493 e. The molecular formula is C24H24N2O4. The smallest absolute Gasteiger partial charge is 0.277 e. The first kappa shape index (κ1) is 20.9. The summed E-state index contributed by atoms with van der Waals surface area (Å²) in [6.45, 7) is 1.65. The second kappa shape index (κ2) is 10.1. The van der Waals surface area contributed by atoms with Crippen molar-refractivity contribution in [2.45, 2.75) is 6.92 Å². The van der Waals surface area contributed by atoms with Gasteiger partial charge in [-0.15, -0.1) is 0 Å². The molecule has 0 aliphatic carbocycles. The molecule has 3 rings (SSSR count). The summed E-state index contributed by atoms with van der Waals surface area (Å²) >= 11 is 0. The third-order valence-electron chi connectivity index (χ3n) is 4.48. The fourth-order valence-corrected chi connectivity index (χ4v) is 2.90. The minimum atomic E-state index is -0.349. The van der Waals surface area contributed by atoms with Crippen molar-refractivity contribution in [3.8, 4) is 28.4 Å². The largest absolute Gasteiger partial charge is 0.493 e. The van der Waals surface area contributed by atoms with Gasteiger partial charge in [-0.3, -0.25) is 4.79 Å². The fourth-order valence-electron chi connectivity index (χ4n) is 2.90. The van der Waals surface area contributed by atoms with Crippen molar-refractivity contribution < 1.29 is 19.0 Å². The molecule has 0 aliphatic heterocycles. The topological polar surface area (TPSA) is 69.2 Å². The van der Waals surface area contributed by atoms with Crippen molar-refractivity contribution in [3.05, 3.63) is 78.4 Å². The molecule has 3 aromatic rings. The Bertz CT molecular complexity index is 1030. The van der Waals surface area contributed by atoms with Crippen LogP contribution in [0.3, 0.4) is 0 Å². The number of carbonyl (C=O) groups is 1. The van der Waals surface area contributed by atoms with Crippen molar-refractivity contribution in [2.24, 2.45) is 5.10 Å². The van der Waals surface area contributed by atoms with E-state index >= 15 is 0 Å². The van der Waals surface area contributed by atoms with E-state index in [0.717, 1.165) is 16.7 Å². The molecule has 3 aromatic carbocycles. The molecule has 0 heterocycles. The average molecular weight is 404 g/mol. The summed E-state index contributed by atoms with van der Waals surface area (Å²) in [6.07, 6.45) is 0. The molecule has 0 saturated heterocycles. The quantitative estimate of drug-likeness (QED) is 0.449. The summed E-state index contributed by atoms with van der Waals surface area (Å²) in [6, 6.07) is 22.9. The number of hydrogen-bond acceptors (Lipinski definition) is 5. The van der Waals surface area contributed by atoms with Gasteiger partial charge in [-0.25, -0.2) is 5.43 Å².